The van der Waals surface area contributed by atoms with Gasteiger partial charge in [-0.1, -0.05) is 6.07 Å². The number of hydrogen-bond donors (Lipinski definition) is 1. The number of hydrogen-bond acceptors (Lipinski definition) is 6. The summed E-state index contributed by atoms with van der Waals surface area (Å²) in [6, 6.07) is 7.63. The lowest BCUT2D eigenvalue weighted by Crippen LogP contribution is -2.42. The van der Waals surface area contributed by atoms with Gasteiger partial charge in [0.15, 0.2) is 0 Å². The summed E-state index contributed by atoms with van der Waals surface area (Å²) in [5.41, 5.74) is 1.02. The van der Waals surface area contributed by atoms with E-state index in [-0.39, 0.29) is 5.91 Å². The molecule has 7 nitrogen and oxygen atoms in total. The molecule has 0 aliphatic carbocycles. The predicted molar refractivity (Wildman–Crippen MR) is 96.7 cm³/mol. The minimum atomic E-state index is 0.198. The fourth-order valence-electron chi connectivity index (χ4n) is 3.01. The van der Waals surface area contributed by atoms with E-state index in [0.717, 1.165) is 37.4 Å². The number of likely N-dealkylation sites (N-methyl/N-ethyl adjacent to an activating group) is 1. The molecule has 0 unspecified atom stereocenters. The number of anilines is 2. The SMILES string of the molecule is CN(C)CC(=O)N1CCC(c2ccnc(Nc3ccccn3)n2)CC1. The summed E-state index contributed by atoms with van der Waals surface area (Å²) >= 11 is 0. The highest BCUT2D eigenvalue weighted by atomic mass is 16.2. The van der Waals surface area contributed by atoms with E-state index in [1.165, 1.54) is 0 Å². The summed E-state index contributed by atoms with van der Waals surface area (Å²) in [4.78, 5) is 29.2. The zero-order valence-corrected chi connectivity index (χ0v) is 14.7. The van der Waals surface area contributed by atoms with Crippen molar-refractivity contribution in [2.24, 2.45) is 0 Å². The van der Waals surface area contributed by atoms with Crippen molar-refractivity contribution in [1.29, 1.82) is 0 Å². The summed E-state index contributed by atoms with van der Waals surface area (Å²) in [6.07, 6.45) is 5.36. The van der Waals surface area contributed by atoms with Crippen LogP contribution >= 0.6 is 0 Å². The smallest absolute Gasteiger partial charge is 0.236 e. The van der Waals surface area contributed by atoms with Crippen LogP contribution in [0.1, 0.15) is 24.5 Å². The minimum Gasteiger partial charge on any atom is -0.342 e. The molecule has 0 saturated carbocycles. The molecule has 1 aliphatic rings. The average Bonchev–Trinajstić information content (AvgIpc) is 2.62. The van der Waals surface area contributed by atoms with Gasteiger partial charge in [0, 0.05) is 37.1 Å². The Bertz CT molecular complexity index is 698. The third kappa shape index (κ3) is 4.73. The molecule has 3 rings (SSSR count). The van der Waals surface area contributed by atoms with E-state index in [4.69, 9.17) is 0 Å². The van der Waals surface area contributed by atoms with Crippen molar-refractivity contribution in [2.75, 3.05) is 39.0 Å². The van der Waals surface area contributed by atoms with Gasteiger partial charge in [-0.25, -0.2) is 15.0 Å². The van der Waals surface area contributed by atoms with Gasteiger partial charge >= 0.3 is 0 Å². The number of nitrogens with zero attached hydrogens (tertiary/aromatic N) is 5. The summed E-state index contributed by atoms with van der Waals surface area (Å²) in [5.74, 6) is 1.84. The Kier molecular flexibility index (Phi) is 5.55. The molecule has 1 aliphatic heterocycles. The maximum absolute atomic E-state index is 12.2. The molecule has 0 atom stereocenters. The predicted octanol–water partition coefficient (Wildman–Crippen LogP) is 1.88. The first kappa shape index (κ1) is 17.3. The maximum Gasteiger partial charge on any atom is 0.236 e. The normalized spacial score (nSPS) is 15.4. The first-order valence-corrected chi connectivity index (χ1v) is 8.55. The monoisotopic (exact) mass is 340 g/mol. The number of nitrogens with one attached hydrogen (secondary N) is 1. The summed E-state index contributed by atoms with van der Waals surface area (Å²) in [6.45, 7) is 2.03. The summed E-state index contributed by atoms with van der Waals surface area (Å²) in [7, 11) is 3.84. The third-order valence-corrected chi connectivity index (χ3v) is 4.30. The highest BCUT2D eigenvalue weighted by molar-refractivity contribution is 5.78. The Morgan fingerprint density at radius 1 is 1.20 bits per heavy atom. The Morgan fingerprint density at radius 3 is 2.68 bits per heavy atom. The molecule has 2 aromatic heterocycles. The third-order valence-electron chi connectivity index (χ3n) is 4.30. The van der Waals surface area contributed by atoms with Crippen LogP contribution in [0, 0.1) is 0 Å². The lowest BCUT2D eigenvalue weighted by Gasteiger charge is -2.32. The lowest BCUT2D eigenvalue weighted by atomic mass is 9.93. The Morgan fingerprint density at radius 2 is 2.00 bits per heavy atom. The molecule has 25 heavy (non-hydrogen) atoms. The molecule has 7 heteroatoms. The van der Waals surface area contributed by atoms with Crippen LogP contribution in [-0.4, -0.2) is 64.4 Å². The van der Waals surface area contributed by atoms with Gasteiger partial charge in [0.05, 0.1) is 6.54 Å². The fraction of sp³-hybridized carbons (Fsp3) is 0.444. The average molecular weight is 340 g/mol. The lowest BCUT2D eigenvalue weighted by molar-refractivity contribution is -0.132. The van der Waals surface area contributed by atoms with Gasteiger partial charge in [-0.15, -0.1) is 0 Å². The van der Waals surface area contributed by atoms with Gasteiger partial charge in [0.1, 0.15) is 5.82 Å². The number of aromatic nitrogens is 3. The van der Waals surface area contributed by atoms with Crippen molar-refractivity contribution in [3.05, 3.63) is 42.4 Å². The van der Waals surface area contributed by atoms with Crippen LogP contribution in [-0.2, 0) is 4.79 Å². The van der Waals surface area contributed by atoms with Crippen molar-refractivity contribution in [2.45, 2.75) is 18.8 Å². The number of carbonyl (C=O) groups is 1. The van der Waals surface area contributed by atoms with Crippen molar-refractivity contribution in [3.8, 4) is 0 Å². The van der Waals surface area contributed by atoms with Crippen molar-refractivity contribution >= 4 is 17.7 Å². The largest absolute Gasteiger partial charge is 0.342 e. The van der Waals surface area contributed by atoms with Crippen LogP contribution in [0.4, 0.5) is 11.8 Å². The van der Waals surface area contributed by atoms with E-state index in [0.29, 0.717) is 18.4 Å². The molecular weight excluding hydrogens is 316 g/mol. The molecule has 0 bridgehead atoms. The van der Waals surface area contributed by atoms with Crippen LogP contribution in [0.25, 0.3) is 0 Å². The number of carbonyl (C=O) groups excluding carboxylic acids is 1. The topological polar surface area (TPSA) is 74.2 Å². The Labute approximate surface area is 148 Å². The number of amides is 1. The number of pyridine rings is 1. The molecule has 0 radical (unpaired) electrons. The molecular formula is C18H24N6O. The second kappa shape index (κ2) is 8.02. The molecule has 132 valence electrons. The molecule has 1 fully saturated rings. The standard InChI is InChI=1S/C18H24N6O/c1-23(2)13-17(25)24-11-7-14(8-12-24)15-6-10-20-18(21-15)22-16-5-3-4-9-19-16/h3-6,9-10,14H,7-8,11-13H2,1-2H3,(H,19,20,21,22). The van der Waals surface area contributed by atoms with Gasteiger partial charge < -0.3 is 15.1 Å². The molecule has 1 saturated heterocycles. The van der Waals surface area contributed by atoms with Crippen LogP contribution in [0.3, 0.4) is 0 Å². The highest BCUT2D eigenvalue weighted by Gasteiger charge is 2.25. The fourth-order valence-corrected chi connectivity index (χ4v) is 3.01. The van der Waals surface area contributed by atoms with Crippen LogP contribution in [0.15, 0.2) is 36.7 Å². The van der Waals surface area contributed by atoms with Gasteiger partial charge in [0.2, 0.25) is 11.9 Å². The van der Waals surface area contributed by atoms with Crippen molar-refractivity contribution < 1.29 is 4.79 Å². The molecule has 0 aromatic carbocycles. The number of piperidine rings is 1. The summed E-state index contributed by atoms with van der Waals surface area (Å²) < 4.78 is 0. The van der Waals surface area contributed by atoms with Gasteiger partial charge in [-0.3, -0.25) is 4.79 Å². The maximum atomic E-state index is 12.2. The van der Waals surface area contributed by atoms with E-state index >= 15 is 0 Å². The van der Waals surface area contributed by atoms with Crippen LogP contribution in [0.2, 0.25) is 0 Å². The van der Waals surface area contributed by atoms with E-state index < -0.39 is 0 Å². The number of rotatable bonds is 5. The molecule has 2 aromatic rings. The first-order chi connectivity index (χ1) is 12.1. The molecule has 3 heterocycles. The van der Waals surface area contributed by atoms with Crippen molar-refractivity contribution in [1.82, 2.24) is 24.8 Å². The Balaban J connectivity index is 1.60. The molecule has 0 spiro atoms. The first-order valence-electron chi connectivity index (χ1n) is 8.55. The van der Waals surface area contributed by atoms with Crippen LogP contribution in [0.5, 0.6) is 0 Å². The van der Waals surface area contributed by atoms with Crippen LogP contribution < -0.4 is 5.32 Å². The second-order valence-corrected chi connectivity index (χ2v) is 6.54. The van der Waals surface area contributed by atoms with E-state index in [9.17, 15) is 4.79 Å². The summed E-state index contributed by atoms with van der Waals surface area (Å²) in [5, 5.41) is 3.13. The molecule has 1 amide bonds. The van der Waals surface area contributed by atoms with Gasteiger partial charge in [-0.2, -0.15) is 0 Å². The quantitative estimate of drug-likeness (QED) is 0.896. The van der Waals surface area contributed by atoms with E-state index in [2.05, 4.69) is 20.3 Å². The minimum absolute atomic E-state index is 0.198. The van der Waals surface area contributed by atoms with E-state index in [1.807, 2.05) is 48.2 Å². The zero-order chi connectivity index (χ0) is 17.6. The molecule has 1 N–H and O–H groups in total. The zero-order valence-electron chi connectivity index (χ0n) is 14.7. The second-order valence-electron chi connectivity index (χ2n) is 6.54. The van der Waals surface area contributed by atoms with E-state index in [1.54, 1.807) is 12.4 Å². The van der Waals surface area contributed by atoms with Crippen molar-refractivity contribution in [3.63, 3.8) is 0 Å². The van der Waals surface area contributed by atoms with Gasteiger partial charge in [0.25, 0.3) is 0 Å². The Hall–Kier alpha value is -2.54. The van der Waals surface area contributed by atoms with Gasteiger partial charge in [-0.05, 0) is 45.1 Å². The highest BCUT2D eigenvalue weighted by Crippen LogP contribution is 2.27. The number of likely N-dealkylation sites (tertiary alicyclic amines) is 1.